The van der Waals surface area contributed by atoms with Gasteiger partial charge in [0.25, 0.3) is 0 Å². The number of hydrogen-bond acceptors (Lipinski definition) is 5. The standard InChI is InChI=1S/C15H30O5/c1-13(2)15(16)5-6-17-7-8-18-9-10-19-11-12-20-14(3)4/h13-14H,5-12H2,1-4H3. The predicted molar refractivity (Wildman–Crippen MR) is 78.0 cm³/mol. The number of Topliss-reactive ketones (excluding diaryl/α,β-unsaturated/α-hetero) is 1. The summed E-state index contributed by atoms with van der Waals surface area (Å²) in [6.45, 7) is 11.6. The van der Waals surface area contributed by atoms with E-state index >= 15 is 0 Å². The molecule has 0 fully saturated rings. The minimum absolute atomic E-state index is 0.0895. The summed E-state index contributed by atoms with van der Waals surface area (Å²) in [6.07, 6.45) is 0.728. The summed E-state index contributed by atoms with van der Waals surface area (Å²) in [4.78, 5) is 11.3. The highest BCUT2D eigenvalue weighted by atomic mass is 16.6. The van der Waals surface area contributed by atoms with Gasteiger partial charge >= 0.3 is 0 Å². The van der Waals surface area contributed by atoms with Gasteiger partial charge in [-0.15, -0.1) is 0 Å². The highest BCUT2D eigenvalue weighted by molar-refractivity contribution is 5.80. The molecule has 0 rings (SSSR count). The largest absolute Gasteiger partial charge is 0.379 e. The Morgan fingerprint density at radius 2 is 1.20 bits per heavy atom. The van der Waals surface area contributed by atoms with Gasteiger partial charge in [-0.3, -0.25) is 4.79 Å². The molecule has 0 unspecified atom stereocenters. The first-order valence-corrected chi connectivity index (χ1v) is 7.41. The van der Waals surface area contributed by atoms with E-state index in [1.54, 1.807) is 0 Å². The molecule has 0 saturated heterocycles. The quantitative estimate of drug-likeness (QED) is 0.458. The Hall–Kier alpha value is -0.490. The Morgan fingerprint density at radius 1 is 0.750 bits per heavy atom. The van der Waals surface area contributed by atoms with E-state index in [1.807, 2.05) is 27.7 Å². The number of carbonyl (C=O) groups is 1. The van der Waals surface area contributed by atoms with Crippen molar-refractivity contribution < 1.29 is 23.7 Å². The predicted octanol–water partition coefficient (Wildman–Crippen LogP) is 2.08. The molecule has 0 heterocycles. The molecule has 0 aliphatic heterocycles. The number of ketones is 1. The van der Waals surface area contributed by atoms with Gasteiger partial charge in [-0.2, -0.15) is 0 Å². The fourth-order valence-electron chi connectivity index (χ4n) is 1.35. The fraction of sp³-hybridized carbons (Fsp3) is 0.933. The monoisotopic (exact) mass is 290 g/mol. The highest BCUT2D eigenvalue weighted by Crippen LogP contribution is 1.98. The van der Waals surface area contributed by atoms with Crippen LogP contribution in [0.25, 0.3) is 0 Å². The lowest BCUT2D eigenvalue weighted by molar-refractivity contribution is -0.123. The molecule has 20 heavy (non-hydrogen) atoms. The molecule has 0 aromatic carbocycles. The van der Waals surface area contributed by atoms with Gasteiger partial charge < -0.3 is 18.9 Å². The lowest BCUT2D eigenvalue weighted by atomic mass is 10.1. The molecule has 0 aromatic heterocycles. The van der Waals surface area contributed by atoms with Crippen LogP contribution in [0.2, 0.25) is 0 Å². The first kappa shape index (κ1) is 19.5. The summed E-state index contributed by atoms with van der Waals surface area (Å²) in [7, 11) is 0. The second kappa shape index (κ2) is 13.5. The molecule has 0 aliphatic carbocycles. The van der Waals surface area contributed by atoms with E-state index in [2.05, 4.69) is 0 Å². The molecule has 0 spiro atoms. The van der Waals surface area contributed by atoms with E-state index in [0.29, 0.717) is 52.7 Å². The molecule has 0 amide bonds. The summed E-state index contributed by atoms with van der Waals surface area (Å²) in [5.74, 6) is 0.328. The zero-order valence-electron chi connectivity index (χ0n) is 13.4. The zero-order chi connectivity index (χ0) is 15.2. The minimum Gasteiger partial charge on any atom is -0.379 e. The molecule has 5 nitrogen and oxygen atoms in total. The van der Waals surface area contributed by atoms with Crippen LogP contribution in [-0.4, -0.2) is 58.1 Å². The molecule has 0 aliphatic rings. The Morgan fingerprint density at radius 3 is 1.65 bits per heavy atom. The molecule has 0 atom stereocenters. The molecule has 5 heteroatoms. The van der Waals surface area contributed by atoms with Gasteiger partial charge in [-0.25, -0.2) is 0 Å². The molecule has 0 N–H and O–H groups in total. The van der Waals surface area contributed by atoms with Crippen molar-refractivity contribution in [1.82, 2.24) is 0 Å². The lowest BCUT2D eigenvalue weighted by Gasteiger charge is -2.09. The van der Waals surface area contributed by atoms with Crippen molar-refractivity contribution in [3.05, 3.63) is 0 Å². The van der Waals surface area contributed by atoms with Crippen molar-refractivity contribution in [2.24, 2.45) is 5.92 Å². The van der Waals surface area contributed by atoms with Gasteiger partial charge in [0.05, 0.1) is 52.4 Å². The van der Waals surface area contributed by atoms with Crippen LogP contribution in [0, 0.1) is 5.92 Å². The van der Waals surface area contributed by atoms with Crippen LogP contribution >= 0.6 is 0 Å². The maximum atomic E-state index is 11.3. The summed E-state index contributed by atoms with van der Waals surface area (Å²) >= 11 is 0. The summed E-state index contributed by atoms with van der Waals surface area (Å²) in [6, 6.07) is 0. The van der Waals surface area contributed by atoms with Crippen molar-refractivity contribution >= 4 is 5.78 Å². The van der Waals surface area contributed by atoms with Crippen LogP contribution in [0.5, 0.6) is 0 Å². The van der Waals surface area contributed by atoms with Crippen LogP contribution < -0.4 is 0 Å². The Bertz CT molecular complexity index is 228. The molecular formula is C15H30O5. The van der Waals surface area contributed by atoms with Gasteiger partial charge in [0, 0.05) is 12.3 Å². The van der Waals surface area contributed by atoms with Crippen LogP contribution in [0.4, 0.5) is 0 Å². The van der Waals surface area contributed by atoms with Gasteiger partial charge in [0.2, 0.25) is 0 Å². The second-order valence-electron chi connectivity index (χ2n) is 5.13. The molecule has 0 aromatic rings. The van der Waals surface area contributed by atoms with E-state index in [0.717, 1.165) is 0 Å². The first-order chi connectivity index (χ1) is 9.54. The van der Waals surface area contributed by atoms with Gasteiger partial charge in [-0.1, -0.05) is 13.8 Å². The van der Waals surface area contributed by atoms with E-state index in [-0.39, 0.29) is 17.8 Å². The lowest BCUT2D eigenvalue weighted by Crippen LogP contribution is -2.14. The maximum Gasteiger partial charge on any atom is 0.137 e. The fourth-order valence-corrected chi connectivity index (χ4v) is 1.35. The van der Waals surface area contributed by atoms with E-state index < -0.39 is 0 Å². The number of hydrogen-bond donors (Lipinski definition) is 0. The Balaban J connectivity index is 3.08. The smallest absolute Gasteiger partial charge is 0.137 e. The average molecular weight is 290 g/mol. The van der Waals surface area contributed by atoms with Crippen molar-refractivity contribution in [3.63, 3.8) is 0 Å². The van der Waals surface area contributed by atoms with Gasteiger partial charge in [0.15, 0.2) is 0 Å². The molecule has 0 bridgehead atoms. The Kier molecular flexibility index (Phi) is 13.2. The SMILES string of the molecule is CC(C)OCCOCCOCCOCCC(=O)C(C)C. The van der Waals surface area contributed by atoms with Crippen molar-refractivity contribution in [2.45, 2.75) is 40.2 Å². The third kappa shape index (κ3) is 13.9. The van der Waals surface area contributed by atoms with Crippen LogP contribution in [-0.2, 0) is 23.7 Å². The van der Waals surface area contributed by atoms with Gasteiger partial charge in [-0.05, 0) is 13.8 Å². The van der Waals surface area contributed by atoms with Crippen LogP contribution in [0.15, 0.2) is 0 Å². The summed E-state index contributed by atoms with van der Waals surface area (Å²) < 4.78 is 21.3. The van der Waals surface area contributed by atoms with E-state index in [1.165, 1.54) is 0 Å². The minimum atomic E-state index is 0.0895. The van der Waals surface area contributed by atoms with Crippen LogP contribution in [0.3, 0.4) is 0 Å². The Labute approximate surface area is 122 Å². The number of carbonyl (C=O) groups excluding carboxylic acids is 1. The summed E-state index contributed by atoms with van der Waals surface area (Å²) in [5, 5.41) is 0. The maximum absolute atomic E-state index is 11.3. The second-order valence-corrected chi connectivity index (χ2v) is 5.13. The van der Waals surface area contributed by atoms with E-state index in [4.69, 9.17) is 18.9 Å². The topological polar surface area (TPSA) is 54.0 Å². The van der Waals surface area contributed by atoms with Crippen molar-refractivity contribution in [3.8, 4) is 0 Å². The van der Waals surface area contributed by atoms with Crippen molar-refractivity contribution in [2.75, 3.05) is 46.2 Å². The third-order valence-corrected chi connectivity index (χ3v) is 2.56. The normalized spacial score (nSPS) is 11.5. The summed E-state index contributed by atoms with van der Waals surface area (Å²) in [5.41, 5.74) is 0. The number of rotatable bonds is 14. The first-order valence-electron chi connectivity index (χ1n) is 7.41. The average Bonchev–Trinajstić information content (AvgIpc) is 2.39. The van der Waals surface area contributed by atoms with Crippen molar-refractivity contribution in [1.29, 1.82) is 0 Å². The molecule has 0 saturated carbocycles. The zero-order valence-corrected chi connectivity index (χ0v) is 13.4. The molecule has 0 radical (unpaired) electrons. The van der Waals surface area contributed by atoms with Crippen LogP contribution in [0.1, 0.15) is 34.1 Å². The van der Waals surface area contributed by atoms with E-state index in [9.17, 15) is 4.79 Å². The third-order valence-electron chi connectivity index (χ3n) is 2.56. The molecular weight excluding hydrogens is 260 g/mol. The highest BCUT2D eigenvalue weighted by Gasteiger charge is 2.05. The van der Waals surface area contributed by atoms with Gasteiger partial charge in [0.1, 0.15) is 5.78 Å². The number of ether oxygens (including phenoxy) is 4. The molecule has 120 valence electrons.